The van der Waals surface area contributed by atoms with E-state index in [4.69, 9.17) is 15.2 Å². The number of hydrogen-bond donors (Lipinski definition) is 1. The van der Waals surface area contributed by atoms with Crippen LogP contribution < -0.4 is 15.2 Å². The van der Waals surface area contributed by atoms with Crippen LogP contribution in [0.25, 0.3) is 0 Å². The number of anilines is 1. The summed E-state index contributed by atoms with van der Waals surface area (Å²) < 4.78 is 10.6. The van der Waals surface area contributed by atoms with E-state index < -0.39 is 6.04 Å². The van der Waals surface area contributed by atoms with Gasteiger partial charge in [-0.05, 0) is 35.4 Å². The molecule has 1 unspecified atom stereocenters. The average Bonchev–Trinajstić information content (AvgIpc) is 3.12. The molecule has 25 heavy (non-hydrogen) atoms. The maximum absolute atomic E-state index is 11.7. The van der Waals surface area contributed by atoms with E-state index in [0.29, 0.717) is 18.0 Å². The van der Waals surface area contributed by atoms with Crippen molar-refractivity contribution in [1.82, 2.24) is 5.01 Å². The number of nitrogen functional groups attached to an aromatic ring is 1. The fourth-order valence-corrected chi connectivity index (χ4v) is 2.91. The number of nitrogens with two attached hydrogens (primary N) is 1. The highest BCUT2D eigenvalue weighted by Gasteiger charge is 2.25. The lowest BCUT2D eigenvalue weighted by Crippen LogP contribution is -2.22. The van der Waals surface area contributed by atoms with Gasteiger partial charge in [-0.25, -0.2) is 0 Å². The zero-order valence-corrected chi connectivity index (χ0v) is 14.3. The van der Waals surface area contributed by atoms with Crippen LogP contribution in [0.3, 0.4) is 0 Å². The average molecular weight is 339 g/mol. The summed E-state index contributed by atoms with van der Waals surface area (Å²) in [6.07, 6.45) is 1.68. The van der Waals surface area contributed by atoms with Crippen molar-refractivity contribution in [1.29, 1.82) is 0 Å². The second-order valence-electron chi connectivity index (χ2n) is 5.78. The van der Waals surface area contributed by atoms with Crippen molar-refractivity contribution in [2.45, 2.75) is 12.5 Å². The van der Waals surface area contributed by atoms with Crippen molar-refractivity contribution in [2.75, 3.05) is 26.5 Å². The Labute approximate surface area is 146 Å². The van der Waals surface area contributed by atoms with Crippen LogP contribution in [-0.4, -0.2) is 37.8 Å². The van der Waals surface area contributed by atoms with E-state index in [1.807, 2.05) is 36.4 Å². The molecule has 2 aromatic carbocycles. The Morgan fingerprint density at radius 1 is 1.12 bits per heavy atom. The minimum atomic E-state index is -0.467. The van der Waals surface area contributed by atoms with E-state index in [9.17, 15) is 4.79 Å². The molecule has 0 saturated heterocycles. The van der Waals surface area contributed by atoms with Crippen LogP contribution in [0.4, 0.5) is 5.69 Å². The molecular formula is C19H21N3O3. The Morgan fingerprint density at radius 2 is 1.84 bits per heavy atom. The van der Waals surface area contributed by atoms with Crippen molar-refractivity contribution in [2.24, 2.45) is 5.10 Å². The molecule has 0 saturated carbocycles. The van der Waals surface area contributed by atoms with E-state index in [0.717, 1.165) is 35.2 Å². The van der Waals surface area contributed by atoms with E-state index in [1.54, 1.807) is 25.3 Å². The van der Waals surface area contributed by atoms with E-state index in [-0.39, 0.29) is 0 Å². The second-order valence-corrected chi connectivity index (χ2v) is 5.78. The Hall–Kier alpha value is -3.02. The summed E-state index contributed by atoms with van der Waals surface area (Å²) in [5.41, 5.74) is 9.24. The van der Waals surface area contributed by atoms with Crippen LogP contribution in [0, 0.1) is 0 Å². The molecule has 1 aliphatic heterocycles. The highest BCUT2D eigenvalue weighted by molar-refractivity contribution is 6.01. The molecule has 0 amide bonds. The lowest BCUT2D eigenvalue weighted by atomic mass is 10.1. The van der Waals surface area contributed by atoms with Gasteiger partial charge in [-0.2, -0.15) is 5.10 Å². The van der Waals surface area contributed by atoms with Crippen LogP contribution in [-0.2, 0) is 4.79 Å². The van der Waals surface area contributed by atoms with Gasteiger partial charge >= 0.3 is 0 Å². The molecule has 0 aromatic heterocycles. The first-order chi connectivity index (χ1) is 12.2. The summed E-state index contributed by atoms with van der Waals surface area (Å²) in [7, 11) is 3.16. The summed E-state index contributed by atoms with van der Waals surface area (Å²) in [5, 5.41) is 6.44. The standard InChI is InChI=1S/C19H21N3O3/c1-24-18-8-5-14(11-19(18)25-2)17(12-23)22-10-9-16(21-22)13-3-6-15(20)7-4-13/h3-8,11-12,17H,9-10,20H2,1-2H3. The zero-order valence-electron chi connectivity index (χ0n) is 14.3. The summed E-state index contributed by atoms with van der Waals surface area (Å²) in [4.78, 5) is 11.7. The van der Waals surface area contributed by atoms with Crippen molar-refractivity contribution in [3.05, 3.63) is 53.6 Å². The molecule has 1 heterocycles. The third-order valence-electron chi connectivity index (χ3n) is 4.27. The molecule has 1 atom stereocenters. The summed E-state index contributed by atoms with van der Waals surface area (Å²) in [6.45, 7) is 0.678. The smallest absolute Gasteiger partial charge is 0.161 e. The number of ether oxygens (including phenoxy) is 2. The second kappa shape index (κ2) is 7.25. The number of carbonyl (C=O) groups excluding carboxylic acids is 1. The molecule has 0 fully saturated rings. The van der Waals surface area contributed by atoms with Gasteiger partial charge in [-0.15, -0.1) is 0 Å². The van der Waals surface area contributed by atoms with Gasteiger partial charge in [0, 0.05) is 18.7 Å². The minimum absolute atomic E-state index is 0.467. The van der Waals surface area contributed by atoms with Crippen LogP contribution in [0.2, 0.25) is 0 Å². The molecule has 6 heteroatoms. The molecule has 0 spiro atoms. The number of carbonyl (C=O) groups is 1. The summed E-state index contributed by atoms with van der Waals surface area (Å²) >= 11 is 0. The Bertz CT molecular complexity index is 787. The predicted molar refractivity (Wildman–Crippen MR) is 97.1 cm³/mol. The van der Waals surface area contributed by atoms with Gasteiger partial charge in [-0.1, -0.05) is 18.2 Å². The van der Waals surface area contributed by atoms with Gasteiger partial charge in [0.05, 0.1) is 19.9 Å². The molecule has 1 aliphatic rings. The van der Waals surface area contributed by atoms with Gasteiger partial charge in [-0.3, -0.25) is 5.01 Å². The van der Waals surface area contributed by atoms with Gasteiger partial charge in [0.15, 0.2) is 11.5 Å². The molecule has 2 aromatic rings. The predicted octanol–water partition coefficient (Wildman–Crippen LogP) is 2.64. The number of aldehydes is 1. The first-order valence-corrected chi connectivity index (χ1v) is 8.03. The summed E-state index contributed by atoms with van der Waals surface area (Å²) in [5.74, 6) is 1.22. The first-order valence-electron chi connectivity index (χ1n) is 8.03. The number of hydrogen-bond acceptors (Lipinski definition) is 6. The van der Waals surface area contributed by atoms with Crippen molar-refractivity contribution in [3.63, 3.8) is 0 Å². The quantitative estimate of drug-likeness (QED) is 0.647. The maximum atomic E-state index is 11.7. The number of hydrazone groups is 1. The zero-order chi connectivity index (χ0) is 17.8. The Morgan fingerprint density at radius 3 is 2.48 bits per heavy atom. The third-order valence-corrected chi connectivity index (χ3v) is 4.27. The van der Waals surface area contributed by atoms with Gasteiger partial charge in [0.25, 0.3) is 0 Å². The van der Waals surface area contributed by atoms with Crippen molar-refractivity contribution in [3.8, 4) is 11.5 Å². The van der Waals surface area contributed by atoms with Crippen LogP contribution in [0.15, 0.2) is 47.6 Å². The lowest BCUT2D eigenvalue weighted by Gasteiger charge is -2.22. The highest BCUT2D eigenvalue weighted by Crippen LogP contribution is 2.32. The molecule has 2 N–H and O–H groups in total. The number of methoxy groups -OCH3 is 2. The molecule has 0 radical (unpaired) electrons. The number of benzene rings is 2. The van der Waals surface area contributed by atoms with Gasteiger partial charge < -0.3 is 20.0 Å². The SMILES string of the molecule is COc1ccc(C(C=O)N2CCC(c3ccc(N)cc3)=N2)cc1OC. The van der Waals surface area contributed by atoms with Crippen LogP contribution in [0.5, 0.6) is 11.5 Å². The highest BCUT2D eigenvalue weighted by atomic mass is 16.5. The molecule has 0 aliphatic carbocycles. The largest absolute Gasteiger partial charge is 0.493 e. The Kier molecular flexibility index (Phi) is 4.88. The van der Waals surface area contributed by atoms with Crippen LogP contribution in [0.1, 0.15) is 23.6 Å². The van der Waals surface area contributed by atoms with Gasteiger partial charge in [0.1, 0.15) is 12.3 Å². The van der Waals surface area contributed by atoms with Crippen LogP contribution >= 0.6 is 0 Å². The molecule has 3 rings (SSSR count). The van der Waals surface area contributed by atoms with Crippen molar-refractivity contribution < 1.29 is 14.3 Å². The lowest BCUT2D eigenvalue weighted by molar-refractivity contribution is -0.112. The molecule has 0 bridgehead atoms. The molecule has 6 nitrogen and oxygen atoms in total. The Balaban J connectivity index is 1.86. The topological polar surface area (TPSA) is 77.2 Å². The molecule has 130 valence electrons. The normalized spacial score (nSPS) is 14.8. The van der Waals surface area contributed by atoms with E-state index in [1.165, 1.54) is 0 Å². The monoisotopic (exact) mass is 339 g/mol. The van der Waals surface area contributed by atoms with Crippen molar-refractivity contribution >= 4 is 17.7 Å². The third kappa shape index (κ3) is 3.42. The minimum Gasteiger partial charge on any atom is -0.493 e. The number of nitrogens with zero attached hydrogens (tertiary/aromatic N) is 2. The first kappa shape index (κ1) is 16.8. The fraction of sp³-hybridized carbons (Fsp3) is 0.263. The van der Waals surface area contributed by atoms with E-state index in [2.05, 4.69) is 5.10 Å². The maximum Gasteiger partial charge on any atom is 0.161 e. The fourth-order valence-electron chi connectivity index (χ4n) is 2.91. The summed E-state index contributed by atoms with van der Waals surface area (Å²) in [6, 6.07) is 12.6. The number of rotatable bonds is 6. The molecular weight excluding hydrogens is 318 g/mol. The van der Waals surface area contributed by atoms with Gasteiger partial charge in [0.2, 0.25) is 0 Å². The van der Waals surface area contributed by atoms with E-state index >= 15 is 0 Å².